The highest BCUT2D eigenvalue weighted by Crippen LogP contribution is 2.26. The van der Waals surface area contributed by atoms with Gasteiger partial charge >= 0.3 is 5.97 Å². The van der Waals surface area contributed by atoms with Gasteiger partial charge in [0.05, 0.1) is 22.9 Å². The van der Waals surface area contributed by atoms with Gasteiger partial charge in [-0.2, -0.15) is 0 Å². The fourth-order valence-electron chi connectivity index (χ4n) is 2.61. The monoisotopic (exact) mass is 340 g/mol. The number of sulfonamides is 1. The highest BCUT2D eigenvalue weighted by Gasteiger charge is 2.31. The average molecular weight is 340 g/mol. The minimum absolute atomic E-state index is 0.0914. The Hall–Kier alpha value is -2.09. The second kappa shape index (κ2) is 6.99. The van der Waals surface area contributed by atoms with Crippen molar-refractivity contribution in [3.05, 3.63) is 29.8 Å². The van der Waals surface area contributed by atoms with E-state index < -0.39 is 27.8 Å². The first-order chi connectivity index (χ1) is 10.8. The quantitative estimate of drug-likeness (QED) is 0.725. The van der Waals surface area contributed by atoms with Crippen molar-refractivity contribution in [2.24, 2.45) is 5.92 Å². The van der Waals surface area contributed by atoms with Crippen molar-refractivity contribution in [2.45, 2.75) is 32.2 Å². The molecule has 1 aromatic rings. The van der Waals surface area contributed by atoms with Crippen molar-refractivity contribution in [3.8, 4) is 0 Å². The molecule has 1 aliphatic carbocycles. The maximum Gasteiger partial charge on any atom is 0.306 e. The number of carboxylic acids is 1. The molecule has 2 atom stereocenters. The summed E-state index contributed by atoms with van der Waals surface area (Å²) in [6, 6.07) is 6.14. The highest BCUT2D eigenvalue weighted by atomic mass is 32.2. The number of anilines is 1. The average Bonchev–Trinajstić information content (AvgIpc) is 2.96. The van der Waals surface area contributed by atoms with Crippen LogP contribution in [0.3, 0.4) is 0 Å². The Morgan fingerprint density at radius 1 is 1.26 bits per heavy atom. The van der Waals surface area contributed by atoms with Gasteiger partial charge in [-0.05, 0) is 38.3 Å². The van der Waals surface area contributed by atoms with Gasteiger partial charge in [-0.25, -0.2) is 8.42 Å². The number of carbonyl (C=O) groups excluding carboxylic acids is 1. The Kier molecular flexibility index (Phi) is 5.25. The van der Waals surface area contributed by atoms with Gasteiger partial charge in [-0.3, -0.25) is 14.3 Å². The summed E-state index contributed by atoms with van der Waals surface area (Å²) in [5, 5.41) is 11.8. The van der Waals surface area contributed by atoms with E-state index in [-0.39, 0.29) is 23.0 Å². The zero-order valence-electron chi connectivity index (χ0n) is 12.8. The standard InChI is InChI=1S/C15H20N2O5S/c1-2-23(21,22)17-13-6-4-3-5-12(13)14(18)16-11-8-7-10(9-11)15(19)20/h3-6,10-11,17H,2,7-9H2,1H3,(H,16,18)(H,19,20)/t10-,11+/m1/s1. The molecule has 0 saturated heterocycles. The highest BCUT2D eigenvalue weighted by molar-refractivity contribution is 7.92. The van der Waals surface area contributed by atoms with Gasteiger partial charge in [0.1, 0.15) is 0 Å². The summed E-state index contributed by atoms with van der Waals surface area (Å²) in [6.07, 6.45) is 1.53. The van der Waals surface area contributed by atoms with E-state index in [2.05, 4.69) is 10.0 Å². The van der Waals surface area contributed by atoms with Crippen molar-refractivity contribution in [1.29, 1.82) is 0 Å². The van der Waals surface area contributed by atoms with Crippen LogP contribution in [0.5, 0.6) is 0 Å². The molecule has 0 bridgehead atoms. The van der Waals surface area contributed by atoms with Crippen LogP contribution < -0.4 is 10.0 Å². The molecule has 1 saturated carbocycles. The molecule has 1 aromatic carbocycles. The normalized spacial score (nSPS) is 20.9. The molecule has 2 rings (SSSR count). The SMILES string of the molecule is CCS(=O)(=O)Nc1ccccc1C(=O)N[C@H]1CC[C@@H](C(=O)O)C1. The molecule has 7 nitrogen and oxygen atoms in total. The van der Waals surface area contributed by atoms with E-state index in [1.165, 1.54) is 19.1 Å². The third-order valence-corrected chi connectivity index (χ3v) is 5.23. The lowest BCUT2D eigenvalue weighted by atomic mass is 10.1. The van der Waals surface area contributed by atoms with Crippen LogP contribution in [0.15, 0.2) is 24.3 Å². The first-order valence-electron chi connectivity index (χ1n) is 7.45. The predicted molar refractivity (Wildman–Crippen MR) is 85.8 cm³/mol. The van der Waals surface area contributed by atoms with E-state index in [0.717, 1.165) is 0 Å². The first-order valence-corrected chi connectivity index (χ1v) is 9.11. The number of rotatable bonds is 6. The molecule has 0 aromatic heterocycles. The summed E-state index contributed by atoms with van der Waals surface area (Å²) < 4.78 is 25.8. The Labute approximate surface area is 135 Å². The second-order valence-electron chi connectivity index (χ2n) is 5.57. The smallest absolute Gasteiger partial charge is 0.306 e. The number of carboxylic acid groups (broad SMARTS) is 1. The fraction of sp³-hybridized carbons (Fsp3) is 0.467. The second-order valence-corrected chi connectivity index (χ2v) is 7.58. The van der Waals surface area contributed by atoms with Gasteiger partial charge in [0.25, 0.3) is 5.91 Å². The Morgan fingerprint density at radius 2 is 1.96 bits per heavy atom. The van der Waals surface area contributed by atoms with E-state index in [9.17, 15) is 18.0 Å². The molecule has 1 fully saturated rings. The van der Waals surface area contributed by atoms with Crippen LogP contribution in [0.2, 0.25) is 0 Å². The van der Waals surface area contributed by atoms with Crippen LogP contribution in [0.25, 0.3) is 0 Å². The summed E-state index contributed by atoms with van der Waals surface area (Å²) in [5.41, 5.74) is 0.447. The summed E-state index contributed by atoms with van der Waals surface area (Å²) in [5.74, 6) is -1.78. The van der Waals surface area contributed by atoms with Crippen LogP contribution in [0, 0.1) is 5.92 Å². The molecular weight excluding hydrogens is 320 g/mol. The molecule has 1 aliphatic rings. The minimum atomic E-state index is -3.48. The molecule has 0 radical (unpaired) electrons. The van der Waals surface area contributed by atoms with E-state index in [1.54, 1.807) is 12.1 Å². The summed E-state index contributed by atoms with van der Waals surface area (Å²) >= 11 is 0. The van der Waals surface area contributed by atoms with Crippen LogP contribution in [-0.2, 0) is 14.8 Å². The number of amides is 1. The molecular formula is C15H20N2O5S. The van der Waals surface area contributed by atoms with E-state index in [4.69, 9.17) is 5.11 Å². The van der Waals surface area contributed by atoms with E-state index in [1.807, 2.05) is 0 Å². The van der Waals surface area contributed by atoms with Gasteiger partial charge in [0, 0.05) is 6.04 Å². The molecule has 0 aliphatic heterocycles. The number of hydrogen-bond donors (Lipinski definition) is 3. The van der Waals surface area contributed by atoms with Crippen LogP contribution in [0.4, 0.5) is 5.69 Å². The van der Waals surface area contributed by atoms with Gasteiger partial charge in [0.2, 0.25) is 10.0 Å². The van der Waals surface area contributed by atoms with Gasteiger partial charge in [-0.1, -0.05) is 12.1 Å². The van der Waals surface area contributed by atoms with Crippen molar-refractivity contribution in [1.82, 2.24) is 5.32 Å². The third-order valence-electron chi connectivity index (χ3n) is 3.93. The fourth-order valence-corrected chi connectivity index (χ4v) is 3.27. The van der Waals surface area contributed by atoms with Crippen LogP contribution in [-0.4, -0.2) is 37.2 Å². The van der Waals surface area contributed by atoms with E-state index in [0.29, 0.717) is 19.3 Å². The van der Waals surface area contributed by atoms with Crippen molar-refractivity contribution >= 4 is 27.6 Å². The van der Waals surface area contributed by atoms with Crippen LogP contribution in [0.1, 0.15) is 36.5 Å². The molecule has 0 unspecified atom stereocenters. The molecule has 0 heterocycles. The van der Waals surface area contributed by atoms with Crippen molar-refractivity contribution in [2.75, 3.05) is 10.5 Å². The van der Waals surface area contributed by atoms with E-state index >= 15 is 0 Å². The lowest BCUT2D eigenvalue weighted by Crippen LogP contribution is -2.34. The maximum atomic E-state index is 12.4. The Balaban J connectivity index is 2.10. The molecule has 126 valence electrons. The number of aliphatic carboxylic acids is 1. The molecule has 1 amide bonds. The lowest BCUT2D eigenvalue weighted by Gasteiger charge is -2.15. The Morgan fingerprint density at radius 3 is 2.57 bits per heavy atom. The van der Waals surface area contributed by atoms with Crippen LogP contribution >= 0.6 is 0 Å². The molecule has 23 heavy (non-hydrogen) atoms. The summed E-state index contributed by atoms with van der Waals surface area (Å²) in [6.45, 7) is 1.51. The first kappa shape index (κ1) is 17.3. The molecule has 3 N–H and O–H groups in total. The number of carbonyl (C=O) groups is 2. The Bertz CT molecular complexity index is 702. The van der Waals surface area contributed by atoms with Crippen molar-refractivity contribution < 1.29 is 23.1 Å². The lowest BCUT2D eigenvalue weighted by molar-refractivity contribution is -0.141. The van der Waals surface area contributed by atoms with Gasteiger partial charge in [0.15, 0.2) is 0 Å². The zero-order chi connectivity index (χ0) is 17.0. The molecule has 0 spiro atoms. The van der Waals surface area contributed by atoms with Gasteiger partial charge in [-0.15, -0.1) is 0 Å². The topological polar surface area (TPSA) is 113 Å². The summed E-state index contributed by atoms with van der Waals surface area (Å²) in [4.78, 5) is 23.3. The predicted octanol–water partition coefficient (Wildman–Crippen LogP) is 1.43. The third kappa shape index (κ3) is 4.44. The number of benzene rings is 1. The number of nitrogens with one attached hydrogen (secondary N) is 2. The largest absolute Gasteiger partial charge is 0.481 e. The maximum absolute atomic E-state index is 12.4. The zero-order valence-corrected chi connectivity index (χ0v) is 13.6. The number of para-hydroxylation sites is 1. The minimum Gasteiger partial charge on any atom is -0.481 e. The van der Waals surface area contributed by atoms with Crippen molar-refractivity contribution in [3.63, 3.8) is 0 Å². The molecule has 8 heteroatoms. The van der Waals surface area contributed by atoms with Gasteiger partial charge < -0.3 is 10.4 Å². The number of hydrogen-bond acceptors (Lipinski definition) is 4. The summed E-state index contributed by atoms with van der Waals surface area (Å²) in [7, 11) is -3.48.